The van der Waals surface area contributed by atoms with Gasteiger partial charge in [-0.1, -0.05) is 18.7 Å². The van der Waals surface area contributed by atoms with E-state index in [2.05, 4.69) is 16.9 Å². The maximum atomic E-state index is 5.78. The highest BCUT2D eigenvalue weighted by molar-refractivity contribution is 7.98. The van der Waals surface area contributed by atoms with Crippen LogP contribution in [0.15, 0.2) is 5.16 Å². The molecule has 15 heavy (non-hydrogen) atoms. The van der Waals surface area contributed by atoms with Crippen molar-refractivity contribution in [2.24, 2.45) is 5.73 Å². The number of rotatable bonds is 3. The Morgan fingerprint density at radius 2 is 2.27 bits per heavy atom. The molecule has 3 nitrogen and oxygen atoms in total. The molecule has 1 aromatic heterocycles. The van der Waals surface area contributed by atoms with Gasteiger partial charge in [0.05, 0.1) is 0 Å². The lowest BCUT2D eigenvalue weighted by Gasteiger charge is -2.12. The first-order valence-corrected chi connectivity index (χ1v) is 6.66. The average molecular weight is 223 g/mol. The molecule has 1 unspecified atom stereocenters. The van der Waals surface area contributed by atoms with Crippen molar-refractivity contribution >= 4 is 11.8 Å². The Morgan fingerprint density at radius 3 is 2.87 bits per heavy atom. The molecule has 1 aromatic rings. The van der Waals surface area contributed by atoms with Crippen molar-refractivity contribution in [3.63, 3.8) is 0 Å². The van der Waals surface area contributed by atoms with Crippen LogP contribution in [0.4, 0.5) is 0 Å². The molecule has 1 aliphatic rings. The Hall–Kier alpha value is -0.610. The number of nitrogens with two attached hydrogens (primary N) is 1. The third-order valence-electron chi connectivity index (χ3n) is 3.02. The largest absolute Gasteiger partial charge is 0.330 e. The molecule has 0 aliphatic heterocycles. The highest BCUT2D eigenvalue weighted by Gasteiger charge is 2.26. The Labute approximate surface area is 94.9 Å². The van der Waals surface area contributed by atoms with E-state index in [1.807, 2.05) is 6.26 Å². The molecule has 1 aliphatic carbocycles. The van der Waals surface area contributed by atoms with E-state index in [-0.39, 0.29) is 0 Å². The van der Waals surface area contributed by atoms with E-state index in [1.165, 1.54) is 17.0 Å². The van der Waals surface area contributed by atoms with Crippen LogP contribution >= 0.6 is 11.8 Å². The van der Waals surface area contributed by atoms with Crippen molar-refractivity contribution in [3.8, 4) is 0 Å². The molecule has 0 radical (unpaired) electrons. The number of nitrogens with zero attached hydrogens (tertiary/aromatic N) is 2. The number of aryl methyl sites for hydroxylation is 2. The number of fused-ring (bicyclic) bond motifs is 1. The molecule has 0 saturated carbocycles. The number of thioether (sulfide) groups is 1. The quantitative estimate of drug-likeness (QED) is 0.626. The summed E-state index contributed by atoms with van der Waals surface area (Å²) in [6.07, 6.45) is 5.22. The van der Waals surface area contributed by atoms with Gasteiger partial charge in [-0.25, -0.2) is 9.97 Å². The van der Waals surface area contributed by atoms with Crippen LogP contribution in [0.2, 0.25) is 0 Å². The minimum absolute atomic E-state index is 0.492. The van der Waals surface area contributed by atoms with E-state index in [0.29, 0.717) is 5.92 Å². The first-order chi connectivity index (χ1) is 7.30. The Bertz CT molecular complexity index is 365. The fourth-order valence-electron chi connectivity index (χ4n) is 2.26. The zero-order valence-electron chi connectivity index (χ0n) is 9.29. The first kappa shape index (κ1) is 10.9. The van der Waals surface area contributed by atoms with Gasteiger partial charge >= 0.3 is 0 Å². The van der Waals surface area contributed by atoms with Crippen LogP contribution in [-0.2, 0) is 12.8 Å². The summed E-state index contributed by atoms with van der Waals surface area (Å²) in [6.45, 7) is 2.88. The van der Waals surface area contributed by atoms with Gasteiger partial charge < -0.3 is 5.73 Å². The standard InChI is InChI=1S/C11H17N3S/c1-3-8-10-7(6-12)4-5-9(10)14-11(13-8)15-2/h7H,3-6,12H2,1-2H3. The number of hydrogen-bond acceptors (Lipinski definition) is 4. The molecular weight excluding hydrogens is 206 g/mol. The van der Waals surface area contributed by atoms with Crippen molar-refractivity contribution < 1.29 is 0 Å². The number of aromatic nitrogens is 2. The van der Waals surface area contributed by atoms with Crippen LogP contribution in [-0.4, -0.2) is 22.8 Å². The predicted molar refractivity (Wildman–Crippen MR) is 63.3 cm³/mol. The highest BCUT2D eigenvalue weighted by atomic mass is 32.2. The molecule has 0 aromatic carbocycles. The second-order valence-electron chi connectivity index (χ2n) is 3.84. The van der Waals surface area contributed by atoms with Gasteiger partial charge in [-0.15, -0.1) is 0 Å². The summed E-state index contributed by atoms with van der Waals surface area (Å²) in [5.74, 6) is 0.492. The Balaban J connectivity index is 2.48. The van der Waals surface area contributed by atoms with E-state index in [0.717, 1.165) is 31.0 Å². The third kappa shape index (κ3) is 1.88. The van der Waals surface area contributed by atoms with Crippen LogP contribution in [0.1, 0.15) is 36.2 Å². The SMILES string of the molecule is CCc1nc(SC)nc2c1C(CN)CC2. The molecule has 0 bridgehead atoms. The molecule has 1 atom stereocenters. The lowest BCUT2D eigenvalue weighted by molar-refractivity contribution is 0.679. The summed E-state index contributed by atoms with van der Waals surface area (Å²) < 4.78 is 0. The van der Waals surface area contributed by atoms with E-state index in [9.17, 15) is 0 Å². The van der Waals surface area contributed by atoms with Crippen molar-refractivity contribution in [3.05, 3.63) is 17.0 Å². The Morgan fingerprint density at radius 1 is 1.47 bits per heavy atom. The summed E-state index contributed by atoms with van der Waals surface area (Å²) in [5.41, 5.74) is 9.57. The summed E-state index contributed by atoms with van der Waals surface area (Å²) in [6, 6.07) is 0. The van der Waals surface area contributed by atoms with Crippen LogP contribution in [0.25, 0.3) is 0 Å². The normalized spacial score (nSPS) is 19.3. The van der Waals surface area contributed by atoms with Gasteiger partial charge in [-0.3, -0.25) is 0 Å². The van der Waals surface area contributed by atoms with Crippen LogP contribution in [0, 0.1) is 0 Å². The maximum absolute atomic E-state index is 5.78. The molecule has 1 heterocycles. The van der Waals surface area contributed by atoms with E-state index in [4.69, 9.17) is 5.73 Å². The summed E-state index contributed by atoms with van der Waals surface area (Å²) in [4.78, 5) is 9.15. The van der Waals surface area contributed by atoms with E-state index < -0.39 is 0 Å². The van der Waals surface area contributed by atoms with E-state index in [1.54, 1.807) is 11.8 Å². The van der Waals surface area contributed by atoms with Crippen molar-refractivity contribution in [2.75, 3.05) is 12.8 Å². The van der Waals surface area contributed by atoms with Gasteiger partial charge in [0.25, 0.3) is 0 Å². The van der Waals surface area contributed by atoms with Gasteiger partial charge in [0.15, 0.2) is 5.16 Å². The minimum Gasteiger partial charge on any atom is -0.330 e. The molecule has 0 saturated heterocycles. The smallest absolute Gasteiger partial charge is 0.187 e. The van der Waals surface area contributed by atoms with Gasteiger partial charge in [-0.2, -0.15) is 0 Å². The molecule has 82 valence electrons. The zero-order valence-corrected chi connectivity index (χ0v) is 10.1. The second-order valence-corrected chi connectivity index (χ2v) is 4.62. The summed E-state index contributed by atoms with van der Waals surface area (Å²) in [7, 11) is 0. The predicted octanol–water partition coefficient (Wildman–Crippen LogP) is 1.75. The Kier molecular flexibility index (Phi) is 3.26. The summed E-state index contributed by atoms with van der Waals surface area (Å²) in [5, 5.41) is 0.906. The maximum Gasteiger partial charge on any atom is 0.187 e. The third-order valence-corrected chi connectivity index (χ3v) is 3.57. The number of hydrogen-bond donors (Lipinski definition) is 1. The first-order valence-electron chi connectivity index (χ1n) is 5.43. The molecule has 2 N–H and O–H groups in total. The van der Waals surface area contributed by atoms with Crippen LogP contribution < -0.4 is 5.73 Å². The lowest BCUT2D eigenvalue weighted by Crippen LogP contribution is -2.12. The average Bonchev–Trinajstić information content (AvgIpc) is 2.70. The van der Waals surface area contributed by atoms with Crippen molar-refractivity contribution in [1.82, 2.24) is 9.97 Å². The van der Waals surface area contributed by atoms with Crippen molar-refractivity contribution in [2.45, 2.75) is 37.3 Å². The zero-order chi connectivity index (χ0) is 10.8. The molecule has 4 heteroatoms. The van der Waals surface area contributed by atoms with E-state index >= 15 is 0 Å². The molecular formula is C11H17N3S. The summed E-state index contributed by atoms with van der Waals surface area (Å²) >= 11 is 1.62. The molecule has 0 amide bonds. The van der Waals surface area contributed by atoms with Crippen LogP contribution in [0.5, 0.6) is 0 Å². The molecule has 2 rings (SSSR count). The fourth-order valence-corrected chi connectivity index (χ4v) is 2.66. The minimum atomic E-state index is 0.492. The molecule has 0 spiro atoms. The molecule has 0 fully saturated rings. The monoisotopic (exact) mass is 223 g/mol. The van der Waals surface area contributed by atoms with Crippen molar-refractivity contribution in [1.29, 1.82) is 0 Å². The fraction of sp³-hybridized carbons (Fsp3) is 0.636. The lowest BCUT2D eigenvalue weighted by atomic mass is 10.0. The highest BCUT2D eigenvalue weighted by Crippen LogP contribution is 2.34. The second kappa shape index (κ2) is 4.49. The van der Waals surface area contributed by atoms with Gasteiger partial charge in [0, 0.05) is 17.3 Å². The van der Waals surface area contributed by atoms with Gasteiger partial charge in [-0.05, 0) is 37.6 Å². The van der Waals surface area contributed by atoms with Gasteiger partial charge in [0.2, 0.25) is 0 Å². The topological polar surface area (TPSA) is 51.8 Å². The van der Waals surface area contributed by atoms with Crippen LogP contribution in [0.3, 0.4) is 0 Å². The van der Waals surface area contributed by atoms with Gasteiger partial charge in [0.1, 0.15) is 0 Å².